The fourth-order valence-corrected chi connectivity index (χ4v) is 10.8. The lowest BCUT2D eigenvalue weighted by molar-refractivity contribution is -0.133. The van der Waals surface area contributed by atoms with E-state index >= 15 is 0 Å². The molecule has 0 aliphatic carbocycles. The van der Waals surface area contributed by atoms with Crippen molar-refractivity contribution in [3.05, 3.63) is 71.0 Å². The molecule has 0 saturated heterocycles. The first-order valence-electron chi connectivity index (χ1n) is 19.4. The van der Waals surface area contributed by atoms with Crippen LogP contribution in [-0.2, 0) is 33.8 Å². The average Bonchev–Trinajstić information content (AvgIpc) is 3.67. The number of halogens is 1. The second-order valence-corrected chi connectivity index (χ2v) is 19.1. The molecule has 25 heteroatoms. The minimum absolute atomic E-state index is 0.0257. The fourth-order valence-electron chi connectivity index (χ4n) is 6.81. The van der Waals surface area contributed by atoms with Gasteiger partial charge >= 0.3 is 31.5 Å². The van der Waals surface area contributed by atoms with E-state index in [0.29, 0.717) is 17.4 Å². The van der Waals surface area contributed by atoms with Crippen LogP contribution in [0, 0.1) is 17.1 Å². The summed E-state index contributed by atoms with van der Waals surface area (Å²) in [6, 6.07) is 10.8. The maximum Gasteiger partial charge on any atom is 0.391 e. The lowest BCUT2D eigenvalue weighted by Crippen LogP contribution is -2.32. The Kier molecular flexibility index (Phi) is 13.4. The summed E-state index contributed by atoms with van der Waals surface area (Å²) in [4.78, 5) is 88.8. The van der Waals surface area contributed by atoms with Crippen LogP contribution >= 0.6 is 18.9 Å². The first-order valence-corrected chi connectivity index (χ1v) is 23.5. The molecule has 1 unspecified atom stereocenters. The monoisotopic (exact) mass is 980 g/mol. The van der Waals surface area contributed by atoms with Crippen LogP contribution in [0.1, 0.15) is 54.0 Å². The van der Waals surface area contributed by atoms with Gasteiger partial charge in [-0.2, -0.15) is 9.98 Å². The number of hydrogen-bond acceptors (Lipinski definition) is 18. The highest BCUT2D eigenvalue weighted by Crippen LogP contribution is 2.53. The molecule has 4 N–H and O–H groups in total. The third kappa shape index (κ3) is 10.2. The number of rotatable bonds is 12. The Morgan fingerprint density at radius 3 is 1.75 bits per heavy atom. The van der Waals surface area contributed by atoms with Crippen LogP contribution < -0.4 is 48.3 Å². The summed E-state index contributed by atoms with van der Waals surface area (Å²) >= 11 is 0.635. The number of hydrogen-bond donors (Lipinski definition) is 4. The van der Waals surface area contributed by atoms with Crippen LogP contribution in [0.3, 0.4) is 0 Å². The molecule has 0 fully saturated rings. The molecule has 4 bridgehead atoms. The highest BCUT2D eigenvalue weighted by molar-refractivity contribution is 7.92. The molecule has 2 amide bonds. The number of fused-ring (bicyclic) bond motifs is 5. The maximum atomic E-state index is 14.2. The maximum absolute atomic E-state index is 14.2. The zero-order valence-electron chi connectivity index (χ0n) is 35.2. The van der Waals surface area contributed by atoms with Gasteiger partial charge in [0.15, 0.2) is 34.5 Å². The Morgan fingerprint density at radius 1 is 0.776 bits per heavy atom. The van der Waals surface area contributed by atoms with Crippen molar-refractivity contribution < 1.29 is 84.0 Å². The highest BCUT2D eigenvalue weighted by Gasteiger charge is 2.36. The Labute approximate surface area is 382 Å². The molecule has 7 rings (SSSR count). The first kappa shape index (κ1) is 47.5. The second-order valence-electron chi connectivity index (χ2n) is 14.3. The van der Waals surface area contributed by atoms with Crippen molar-refractivity contribution in [1.29, 1.82) is 5.26 Å². The topological polar surface area (TPSA) is 298 Å². The Morgan fingerprint density at radius 2 is 1.27 bits per heavy atom. The number of benzene rings is 4. The van der Waals surface area contributed by atoms with Gasteiger partial charge in [0.05, 0.1) is 18.7 Å². The molecule has 0 radical (unpaired) electrons. The number of esters is 4. The largest absolute Gasteiger partial charge is 0.488 e. The van der Waals surface area contributed by atoms with Gasteiger partial charge < -0.3 is 48.5 Å². The molecule has 0 saturated carbocycles. The van der Waals surface area contributed by atoms with Gasteiger partial charge in [-0.1, -0.05) is 0 Å². The van der Waals surface area contributed by atoms with Crippen molar-refractivity contribution in [2.45, 2.75) is 31.9 Å². The average molecular weight is 981 g/mol. The van der Waals surface area contributed by atoms with Crippen molar-refractivity contribution in [1.82, 2.24) is 15.4 Å². The van der Waals surface area contributed by atoms with E-state index in [1.807, 2.05) is 4.72 Å². The highest BCUT2D eigenvalue weighted by atomic mass is 32.2. The van der Waals surface area contributed by atoms with Gasteiger partial charge in [0, 0.05) is 49.6 Å². The first-order chi connectivity index (χ1) is 31.7. The molecule has 3 heterocycles. The SMILES string of the molecule is CC(=O)Oc1c2cc(-c3cc4cc(S(=O)(=O)NCP(=O)(O)Oc5ccc(C#N)c(F)c5)sc4cc3-c3cc4c(OC(C)=O)c(c3OC(C)=O)C(=O)NCCO4)c(OC(C)=O)c1C(=O)NCCO2. The van der Waals surface area contributed by atoms with Crippen molar-refractivity contribution >= 4 is 74.7 Å². The van der Waals surface area contributed by atoms with Gasteiger partial charge in [0.1, 0.15) is 52.5 Å². The molecular weight excluding hydrogens is 947 g/mol. The van der Waals surface area contributed by atoms with Crippen molar-refractivity contribution in [2.24, 2.45) is 0 Å². The normalized spacial score (nSPS) is 14.2. The van der Waals surface area contributed by atoms with Crippen LogP contribution in [-0.4, -0.2) is 81.6 Å². The summed E-state index contributed by atoms with van der Waals surface area (Å²) in [6.45, 7) is 3.82. The number of thiophene rings is 1. The van der Waals surface area contributed by atoms with Crippen LogP contribution in [0.2, 0.25) is 0 Å². The third-order valence-corrected chi connectivity index (χ3v) is 13.6. The van der Waals surface area contributed by atoms with Gasteiger partial charge in [-0.3, -0.25) is 28.8 Å². The summed E-state index contributed by atoms with van der Waals surface area (Å²) in [5.74, 6) is -9.08. The van der Waals surface area contributed by atoms with E-state index < -0.39 is 109 Å². The number of carbonyl (C=O) groups is 6. The van der Waals surface area contributed by atoms with Crippen LogP contribution in [0.15, 0.2) is 52.7 Å². The number of carbonyl (C=O) groups excluding carboxylic acids is 6. The van der Waals surface area contributed by atoms with Gasteiger partial charge in [-0.05, 0) is 59.0 Å². The van der Waals surface area contributed by atoms with E-state index in [4.69, 9.17) is 38.2 Å². The van der Waals surface area contributed by atoms with Crippen molar-refractivity contribution in [3.8, 4) is 68.6 Å². The summed E-state index contributed by atoms with van der Waals surface area (Å²) in [7, 11) is -9.57. The number of sulfonamides is 1. The molecule has 67 heavy (non-hydrogen) atoms. The molecule has 1 atom stereocenters. The molecule has 1 aromatic heterocycles. The number of ether oxygens (including phenoxy) is 6. The second kappa shape index (κ2) is 18.8. The quantitative estimate of drug-likeness (QED) is 0.0749. The lowest BCUT2D eigenvalue weighted by Gasteiger charge is -2.25. The zero-order valence-corrected chi connectivity index (χ0v) is 37.7. The standard InChI is InChI=1S/C42H34FN4O17PS2/c1-19(48)60-37-28(14-31-39(62-21(3)50)35(37)41(52)45-7-9-58-31)26-11-24-12-34(67(56,57)47-18-65(54,55)64-25-6-5-23(17-44)30(43)13-25)66-33(24)16-27(26)29-15-32-40(63-22(4)51)36(38(29)61-20(2)49)42(53)46-8-10-59-32/h5-6,11-16,47H,7-10,18H2,1-4H3,(H,45,52)(H,46,53)(H,54,55). The third-order valence-electron chi connectivity index (χ3n) is 9.37. The number of nitrogens with one attached hydrogen (secondary N) is 3. The minimum Gasteiger partial charge on any atom is -0.488 e. The zero-order chi connectivity index (χ0) is 48.5. The van der Waals surface area contributed by atoms with E-state index in [-0.39, 0.29) is 75.7 Å². The molecule has 5 aromatic rings. The van der Waals surface area contributed by atoms with E-state index in [1.54, 1.807) is 6.07 Å². The van der Waals surface area contributed by atoms with Gasteiger partial charge in [-0.15, -0.1) is 11.3 Å². The number of amides is 2. The van der Waals surface area contributed by atoms with Crippen LogP contribution in [0.25, 0.3) is 32.3 Å². The van der Waals surface area contributed by atoms with Crippen LogP contribution in [0.5, 0.6) is 40.2 Å². The predicted octanol–water partition coefficient (Wildman–Crippen LogP) is 4.69. The molecule has 21 nitrogen and oxygen atoms in total. The Hall–Kier alpha value is -7.42. The number of nitriles is 1. The molecule has 0 spiro atoms. The summed E-state index contributed by atoms with van der Waals surface area (Å²) in [5, 5.41) is 14.3. The summed E-state index contributed by atoms with van der Waals surface area (Å²) in [6.07, 6.45) is -1.20. The predicted molar refractivity (Wildman–Crippen MR) is 230 cm³/mol. The van der Waals surface area contributed by atoms with Gasteiger partial charge in [-0.25, -0.2) is 17.4 Å². The molecule has 348 valence electrons. The van der Waals surface area contributed by atoms with E-state index in [2.05, 4.69) is 10.6 Å². The lowest BCUT2D eigenvalue weighted by atomic mass is 9.89. The molecular formula is C42H34FN4O17PS2. The van der Waals surface area contributed by atoms with E-state index in [1.165, 1.54) is 30.3 Å². The fraction of sp³-hybridized carbons (Fsp3) is 0.214. The Bertz CT molecular complexity index is 3040. The summed E-state index contributed by atoms with van der Waals surface area (Å²) in [5.41, 5.74) is -1.62. The van der Waals surface area contributed by atoms with Crippen LogP contribution in [0.4, 0.5) is 4.39 Å². The van der Waals surface area contributed by atoms with Gasteiger partial charge in [0.25, 0.3) is 21.8 Å². The smallest absolute Gasteiger partial charge is 0.391 e. The Balaban J connectivity index is 1.49. The molecule has 4 aromatic carbocycles. The molecule has 2 aliphatic heterocycles. The van der Waals surface area contributed by atoms with Gasteiger partial charge in [0.2, 0.25) is 0 Å². The van der Waals surface area contributed by atoms with E-state index in [9.17, 15) is 51.0 Å². The minimum atomic E-state index is -4.87. The van der Waals surface area contributed by atoms with Crippen molar-refractivity contribution in [3.63, 3.8) is 0 Å². The van der Waals surface area contributed by atoms with E-state index in [0.717, 1.165) is 39.8 Å². The molecule has 2 aliphatic rings. The number of nitrogens with zero attached hydrogens (tertiary/aromatic N) is 1. The summed E-state index contributed by atoms with van der Waals surface area (Å²) < 4.78 is 95.7. The van der Waals surface area contributed by atoms with Crippen molar-refractivity contribution in [2.75, 3.05) is 32.6 Å².